The number of ether oxygens (including phenoxy) is 1. The van der Waals surface area contributed by atoms with E-state index in [1.165, 1.54) is 0 Å². The van der Waals surface area contributed by atoms with Gasteiger partial charge in [0.15, 0.2) is 0 Å². The van der Waals surface area contributed by atoms with Crippen LogP contribution < -0.4 is 0 Å². The fourth-order valence-corrected chi connectivity index (χ4v) is 4.06. The molecule has 3 nitrogen and oxygen atoms in total. The molecule has 1 aliphatic carbocycles. The van der Waals surface area contributed by atoms with Crippen LogP contribution in [0.1, 0.15) is 32.1 Å². The van der Waals surface area contributed by atoms with Gasteiger partial charge >= 0.3 is 0 Å². The minimum absolute atomic E-state index is 0.213. The molecule has 1 heterocycles. The molecular formula is C9H15ClO3S. The minimum Gasteiger partial charge on any atom is -0.381 e. The van der Waals surface area contributed by atoms with E-state index in [1.807, 2.05) is 0 Å². The lowest BCUT2D eigenvalue weighted by molar-refractivity contribution is 0.0183. The first-order valence-electron chi connectivity index (χ1n) is 5.03. The first kappa shape index (κ1) is 10.7. The van der Waals surface area contributed by atoms with Crippen LogP contribution >= 0.6 is 10.7 Å². The zero-order chi connectivity index (χ0) is 10.2. The van der Waals surface area contributed by atoms with Crippen molar-refractivity contribution in [1.29, 1.82) is 0 Å². The van der Waals surface area contributed by atoms with Crippen LogP contribution in [0.4, 0.5) is 0 Å². The third-order valence-corrected chi connectivity index (χ3v) is 5.56. The van der Waals surface area contributed by atoms with Gasteiger partial charge in [0.05, 0.1) is 5.25 Å². The van der Waals surface area contributed by atoms with Crippen LogP contribution in [0.3, 0.4) is 0 Å². The van der Waals surface area contributed by atoms with Gasteiger partial charge in [0.1, 0.15) is 0 Å². The van der Waals surface area contributed by atoms with E-state index >= 15 is 0 Å². The van der Waals surface area contributed by atoms with E-state index in [9.17, 15) is 8.42 Å². The van der Waals surface area contributed by atoms with Crippen molar-refractivity contribution >= 4 is 19.7 Å². The summed E-state index contributed by atoms with van der Waals surface area (Å²) in [4.78, 5) is 0. The van der Waals surface area contributed by atoms with Gasteiger partial charge in [0, 0.05) is 23.9 Å². The van der Waals surface area contributed by atoms with Crippen molar-refractivity contribution in [2.75, 3.05) is 13.2 Å². The Morgan fingerprint density at radius 2 is 1.86 bits per heavy atom. The second-order valence-electron chi connectivity index (χ2n) is 4.45. The second-order valence-corrected chi connectivity index (χ2v) is 7.36. The molecule has 0 radical (unpaired) electrons. The molecule has 1 spiro atoms. The van der Waals surface area contributed by atoms with Gasteiger partial charge in [-0.1, -0.05) is 0 Å². The molecule has 1 unspecified atom stereocenters. The Balaban J connectivity index is 2.06. The number of hydrogen-bond acceptors (Lipinski definition) is 3. The molecule has 0 amide bonds. The van der Waals surface area contributed by atoms with Crippen LogP contribution in [0.2, 0.25) is 0 Å². The van der Waals surface area contributed by atoms with Crippen molar-refractivity contribution in [3.8, 4) is 0 Å². The summed E-state index contributed by atoms with van der Waals surface area (Å²) in [6.07, 6.45) is 4.45. The van der Waals surface area contributed by atoms with Gasteiger partial charge in [0.2, 0.25) is 9.05 Å². The summed E-state index contributed by atoms with van der Waals surface area (Å²) < 4.78 is 27.7. The normalized spacial score (nSPS) is 32.2. The molecule has 0 aromatic carbocycles. The highest BCUT2D eigenvalue weighted by atomic mass is 35.7. The summed E-state index contributed by atoms with van der Waals surface area (Å²) >= 11 is 0. The molecule has 2 aliphatic rings. The minimum atomic E-state index is -3.35. The predicted molar refractivity (Wildman–Crippen MR) is 54.9 cm³/mol. The molecule has 1 atom stereocenters. The lowest BCUT2D eigenvalue weighted by Gasteiger charge is -2.33. The third kappa shape index (κ3) is 2.07. The van der Waals surface area contributed by atoms with Crippen molar-refractivity contribution in [1.82, 2.24) is 0 Å². The molecule has 1 aliphatic heterocycles. The Kier molecular flexibility index (Phi) is 2.79. The smallest absolute Gasteiger partial charge is 0.235 e. The highest BCUT2D eigenvalue weighted by Gasteiger charge is 2.44. The number of hydrogen-bond donors (Lipinski definition) is 0. The molecule has 0 aromatic rings. The zero-order valence-electron chi connectivity index (χ0n) is 8.04. The number of halogens is 1. The maximum Gasteiger partial charge on any atom is 0.235 e. The van der Waals surface area contributed by atoms with Gasteiger partial charge in [0.25, 0.3) is 0 Å². The van der Waals surface area contributed by atoms with Crippen LogP contribution in [0.5, 0.6) is 0 Å². The molecule has 0 aromatic heterocycles. The summed E-state index contributed by atoms with van der Waals surface area (Å²) in [5.41, 5.74) is 0.213. The highest BCUT2D eigenvalue weighted by molar-refractivity contribution is 8.14. The Labute approximate surface area is 89.2 Å². The molecule has 14 heavy (non-hydrogen) atoms. The van der Waals surface area contributed by atoms with E-state index in [0.717, 1.165) is 45.3 Å². The first-order chi connectivity index (χ1) is 6.52. The van der Waals surface area contributed by atoms with E-state index in [-0.39, 0.29) is 10.7 Å². The molecule has 0 N–H and O–H groups in total. The Morgan fingerprint density at radius 1 is 1.21 bits per heavy atom. The Bertz CT molecular complexity index is 306. The summed E-state index contributed by atoms with van der Waals surface area (Å²) in [5.74, 6) is 0. The third-order valence-electron chi connectivity index (χ3n) is 3.61. The second kappa shape index (κ2) is 3.65. The molecule has 0 bridgehead atoms. The standard InChI is InChI=1S/C9H15ClO3S/c10-14(11,12)8-1-2-9(7-8)3-5-13-6-4-9/h8H,1-7H2. The average Bonchev–Trinajstić information content (AvgIpc) is 2.50. The molecule has 82 valence electrons. The van der Waals surface area contributed by atoms with Crippen LogP contribution in [-0.2, 0) is 13.8 Å². The summed E-state index contributed by atoms with van der Waals surface area (Å²) in [6, 6.07) is 0. The van der Waals surface area contributed by atoms with Gasteiger partial charge in [-0.25, -0.2) is 8.42 Å². The Morgan fingerprint density at radius 3 is 2.36 bits per heavy atom. The molecular weight excluding hydrogens is 224 g/mol. The van der Waals surface area contributed by atoms with E-state index in [1.54, 1.807) is 0 Å². The zero-order valence-corrected chi connectivity index (χ0v) is 9.61. The fourth-order valence-electron chi connectivity index (χ4n) is 2.65. The monoisotopic (exact) mass is 238 g/mol. The molecule has 1 saturated heterocycles. The highest BCUT2D eigenvalue weighted by Crippen LogP contribution is 2.48. The van der Waals surface area contributed by atoms with Crippen molar-refractivity contribution in [2.45, 2.75) is 37.4 Å². The molecule has 1 saturated carbocycles. The quantitative estimate of drug-likeness (QED) is 0.656. The summed E-state index contributed by atoms with van der Waals surface area (Å²) in [5, 5.41) is -0.317. The largest absolute Gasteiger partial charge is 0.381 e. The molecule has 5 heteroatoms. The first-order valence-corrected chi connectivity index (χ1v) is 7.40. The van der Waals surface area contributed by atoms with Crippen LogP contribution in [0, 0.1) is 5.41 Å². The van der Waals surface area contributed by atoms with Gasteiger partial charge < -0.3 is 4.74 Å². The van der Waals surface area contributed by atoms with E-state index in [4.69, 9.17) is 15.4 Å². The lowest BCUT2D eigenvalue weighted by Crippen LogP contribution is -2.28. The summed E-state index contributed by atoms with van der Waals surface area (Å²) in [6.45, 7) is 1.55. The lowest BCUT2D eigenvalue weighted by atomic mass is 9.79. The SMILES string of the molecule is O=S(=O)(Cl)C1CCC2(CCOCC2)C1. The topological polar surface area (TPSA) is 43.4 Å². The van der Waals surface area contributed by atoms with Gasteiger partial charge in [-0.15, -0.1) is 0 Å². The van der Waals surface area contributed by atoms with Crippen molar-refractivity contribution in [3.05, 3.63) is 0 Å². The Hall–Kier alpha value is 0.200. The molecule has 2 rings (SSSR count). The van der Waals surface area contributed by atoms with Crippen molar-refractivity contribution < 1.29 is 13.2 Å². The van der Waals surface area contributed by atoms with Gasteiger partial charge in [-0.05, 0) is 37.5 Å². The average molecular weight is 239 g/mol. The van der Waals surface area contributed by atoms with E-state index in [0.29, 0.717) is 0 Å². The maximum atomic E-state index is 11.2. The van der Waals surface area contributed by atoms with E-state index < -0.39 is 9.05 Å². The van der Waals surface area contributed by atoms with E-state index in [2.05, 4.69) is 0 Å². The van der Waals surface area contributed by atoms with Crippen molar-refractivity contribution in [2.24, 2.45) is 5.41 Å². The van der Waals surface area contributed by atoms with Crippen LogP contribution in [-0.4, -0.2) is 26.9 Å². The van der Waals surface area contributed by atoms with Gasteiger partial charge in [-0.3, -0.25) is 0 Å². The van der Waals surface area contributed by atoms with Gasteiger partial charge in [-0.2, -0.15) is 0 Å². The van der Waals surface area contributed by atoms with Crippen LogP contribution in [0.15, 0.2) is 0 Å². The summed E-state index contributed by atoms with van der Waals surface area (Å²) in [7, 11) is 2.04. The fraction of sp³-hybridized carbons (Fsp3) is 1.00. The van der Waals surface area contributed by atoms with Crippen molar-refractivity contribution in [3.63, 3.8) is 0 Å². The number of rotatable bonds is 1. The predicted octanol–water partition coefficient (Wildman–Crippen LogP) is 1.90. The maximum absolute atomic E-state index is 11.2. The van der Waals surface area contributed by atoms with Crippen LogP contribution in [0.25, 0.3) is 0 Å². The molecule has 2 fully saturated rings.